The van der Waals surface area contributed by atoms with Crippen molar-refractivity contribution in [3.8, 4) is 0 Å². The molecule has 150 valence electrons. The van der Waals surface area contributed by atoms with E-state index < -0.39 is 0 Å². The molecule has 2 aromatic carbocycles. The molecule has 0 spiro atoms. The summed E-state index contributed by atoms with van der Waals surface area (Å²) in [6, 6.07) is 13.5. The molecule has 2 heterocycles. The number of amides is 1. The number of halogens is 3. The molecule has 7 heteroatoms. The molecule has 3 aromatic rings. The average Bonchev–Trinajstić information content (AvgIpc) is 3.18. The van der Waals surface area contributed by atoms with Crippen LogP contribution in [0.5, 0.6) is 0 Å². The molecule has 1 aliphatic heterocycles. The van der Waals surface area contributed by atoms with Gasteiger partial charge in [0.2, 0.25) is 5.91 Å². The zero-order valence-corrected chi connectivity index (χ0v) is 17.8. The number of carbonyl (C=O) groups excluding carboxylic acids is 1. The molecule has 4 rings (SSSR count). The van der Waals surface area contributed by atoms with Crippen LogP contribution in [0.3, 0.4) is 0 Å². The van der Waals surface area contributed by atoms with Crippen molar-refractivity contribution in [1.29, 1.82) is 0 Å². The molecule has 29 heavy (non-hydrogen) atoms. The molecule has 1 aliphatic rings. The highest BCUT2D eigenvalue weighted by Crippen LogP contribution is 2.40. The Morgan fingerprint density at radius 2 is 1.93 bits per heavy atom. The quantitative estimate of drug-likeness (QED) is 0.561. The number of benzene rings is 2. The molecule has 1 N–H and O–H groups in total. The maximum absolute atomic E-state index is 13.1. The van der Waals surface area contributed by atoms with Gasteiger partial charge < -0.3 is 10.2 Å². The molecular weight excluding hydrogens is 430 g/mol. The van der Waals surface area contributed by atoms with Crippen LogP contribution >= 0.6 is 34.5 Å². The van der Waals surface area contributed by atoms with E-state index >= 15 is 0 Å². The summed E-state index contributed by atoms with van der Waals surface area (Å²) in [5.41, 5.74) is 2.93. The van der Waals surface area contributed by atoms with Crippen LogP contribution in [0.4, 0.5) is 4.39 Å². The summed E-state index contributed by atoms with van der Waals surface area (Å²) in [6.45, 7) is 1.32. The van der Waals surface area contributed by atoms with Gasteiger partial charge in [0.15, 0.2) is 0 Å². The lowest BCUT2D eigenvalue weighted by molar-refractivity contribution is -0.132. The molecule has 1 amide bonds. The topological polar surface area (TPSA) is 32.3 Å². The largest absolute Gasteiger partial charge is 0.330 e. The van der Waals surface area contributed by atoms with E-state index in [1.807, 2.05) is 11.0 Å². The number of nitrogens with one attached hydrogen (secondary N) is 1. The van der Waals surface area contributed by atoms with Crippen molar-refractivity contribution in [1.82, 2.24) is 10.2 Å². The summed E-state index contributed by atoms with van der Waals surface area (Å²) < 4.78 is 13.0. The normalized spacial score (nSPS) is 16.0. The molecule has 3 nitrogen and oxygen atoms in total. The molecule has 0 saturated heterocycles. The van der Waals surface area contributed by atoms with Gasteiger partial charge in [-0.2, -0.15) is 0 Å². The minimum Gasteiger partial charge on any atom is -0.330 e. The third-order valence-corrected chi connectivity index (χ3v) is 6.62. The van der Waals surface area contributed by atoms with E-state index in [4.69, 9.17) is 23.2 Å². The third kappa shape index (κ3) is 4.48. The molecule has 0 fully saturated rings. The fourth-order valence-electron chi connectivity index (χ4n) is 3.66. The summed E-state index contributed by atoms with van der Waals surface area (Å²) in [5.74, 6) is -0.271. The second kappa shape index (κ2) is 8.84. The molecule has 0 saturated carbocycles. The lowest BCUT2D eigenvalue weighted by Crippen LogP contribution is -2.44. The molecule has 0 radical (unpaired) electrons. The van der Waals surface area contributed by atoms with Crippen molar-refractivity contribution < 1.29 is 9.18 Å². The van der Waals surface area contributed by atoms with E-state index in [2.05, 4.69) is 16.8 Å². The first-order valence-electron chi connectivity index (χ1n) is 9.29. The van der Waals surface area contributed by atoms with Crippen LogP contribution in [0.15, 0.2) is 53.9 Å². The van der Waals surface area contributed by atoms with Gasteiger partial charge in [-0.1, -0.05) is 41.4 Å². The van der Waals surface area contributed by atoms with Crippen molar-refractivity contribution >= 4 is 40.4 Å². The first-order valence-corrected chi connectivity index (χ1v) is 10.9. The zero-order chi connectivity index (χ0) is 20.4. The van der Waals surface area contributed by atoms with E-state index in [9.17, 15) is 9.18 Å². The Bertz CT molecular complexity index is 1020. The van der Waals surface area contributed by atoms with Crippen LogP contribution in [0.1, 0.15) is 27.6 Å². The van der Waals surface area contributed by atoms with E-state index in [-0.39, 0.29) is 24.3 Å². The second-order valence-corrected chi connectivity index (χ2v) is 8.78. The number of hydrogen-bond acceptors (Lipinski definition) is 3. The lowest BCUT2D eigenvalue weighted by atomic mass is 9.93. The number of nitrogens with zero attached hydrogens (tertiary/aromatic N) is 1. The van der Waals surface area contributed by atoms with Crippen LogP contribution in [-0.4, -0.2) is 23.9 Å². The van der Waals surface area contributed by atoms with E-state index in [1.54, 1.807) is 35.6 Å². The van der Waals surface area contributed by atoms with Gasteiger partial charge in [0, 0.05) is 28.0 Å². The predicted octanol–water partition coefficient (Wildman–Crippen LogP) is 5.46. The van der Waals surface area contributed by atoms with E-state index in [0.29, 0.717) is 23.1 Å². The van der Waals surface area contributed by atoms with Gasteiger partial charge >= 0.3 is 0 Å². The van der Waals surface area contributed by atoms with Crippen LogP contribution in [-0.2, 0) is 17.8 Å². The van der Waals surface area contributed by atoms with Crippen LogP contribution in [0, 0.1) is 5.82 Å². The second-order valence-electron chi connectivity index (χ2n) is 6.93. The zero-order valence-electron chi connectivity index (χ0n) is 15.5. The molecule has 0 unspecified atom stereocenters. The maximum Gasteiger partial charge on any atom is 0.237 e. The lowest BCUT2D eigenvalue weighted by Gasteiger charge is -2.37. The van der Waals surface area contributed by atoms with Gasteiger partial charge in [0.05, 0.1) is 12.6 Å². The van der Waals surface area contributed by atoms with Crippen molar-refractivity contribution in [2.24, 2.45) is 0 Å². The SMILES string of the molecule is O=C(CNCc1ccc(F)cc1)N1CCc2sccc2[C@H]1c1ccc(Cl)cc1Cl. The highest BCUT2D eigenvalue weighted by molar-refractivity contribution is 7.10. The van der Waals surface area contributed by atoms with Crippen LogP contribution < -0.4 is 5.32 Å². The fraction of sp³-hybridized carbons (Fsp3) is 0.227. The number of thiophene rings is 1. The predicted molar refractivity (Wildman–Crippen MR) is 116 cm³/mol. The monoisotopic (exact) mass is 448 g/mol. The van der Waals surface area contributed by atoms with Crippen molar-refractivity contribution in [3.63, 3.8) is 0 Å². The summed E-state index contributed by atoms with van der Waals surface area (Å²) in [4.78, 5) is 16.2. The molecule has 0 bridgehead atoms. The molecule has 1 aromatic heterocycles. The Balaban J connectivity index is 1.53. The fourth-order valence-corrected chi connectivity index (χ4v) is 5.08. The number of hydrogen-bond donors (Lipinski definition) is 1. The Labute approximate surface area is 183 Å². The van der Waals surface area contributed by atoms with E-state index in [0.717, 1.165) is 23.1 Å². The van der Waals surface area contributed by atoms with Gasteiger partial charge in [-0.25, -0.2) is 4.39 Å². The Morgan fingerprint density at radius 3 is 2.69 bits per heavy atom. The number of rotatable bonds is 5. The summed E-state index contributed by atoms with van der Waals surface area (Å²) in [6.07, 6.45) is 0.832. The third-order valence-electron chi connectivity index (χ3n) is 5.06. The standard InChI is InChI=1S/C22H19Cl2FN2OS/c23-15-3-6-17(19(24)11-15)22-18-8-10-29-20(18)7-9-27(22)21(28)13-26-12-14-1-4-16(25)5-2-14/h1-6,8,10-11,22,26H,7,9,12-13H2/t22-/m1/s1. The van der Waals surface area contributed by atoms with Gasteiger partial charge in [-0.15, -0.1) is 11.3 Å². The van der Waals surface area contributed by atoms with Gasteiger partial charge in [-0.05, 0) is 58.8 Å². The van der Waals surface area contributed by atoms with Crippen molar-refractivity contribution in [2.75, 3.05) is 13.1 Å². The number of carbonyl (C=O) groups is 1. The number of fused-ring (bicyclic) bond motifs is 1. The van der Waals surface area contributed by atoms with Gasteiger partial charge in [-0.3, -0.25) is 4.79 Å². The first kappa shape index (κ1) is 20.4. The minimum atomic E-state index is -0.271. The maximum atomic E-state index is 13.1. The first-order chi connectivity index (χ1) is 14.0. The highest BCUT2D eigenvalue weighted by Gasteiger charge is 2.33. The Morgan fingerprint density at radius 1 is 1.14 bits per heavy atom. The van der Waals surface area contributed by atoms with Gasteiger partial charge in [0.25, 0.3) is 0 Å². The Hall–Kier alpha value is -1.92. The van der Waals surface area contributed by atoms with E-state index in [1.165, 1.54) is 17.0 Å². The van der Waals surface area contributed by atoms with Gasteiger partial charge in [0.1, 0.15) is 5.82 Å². The van der Waals surface area contributed by atoms with Crippen LogP contribution in [0.2, 0.25) is 10.0 Å². The summed E-state index contributed by atoms with van der Waals surface area (Å²) >= 11 is 14.3. The van der Waals surface area contributed by atoms with Crippen molar-refractivity contribution in [2.45, 2.75) is 19.0 Å². The molecule has 0 aliphatic carbocycles. The highest BCUT2D eigenvalue weighted by atomic mass is 35.5. The Kier molecular flexibility index (Phi) is 6.20. The van der Waals surface area contributed by atoms with Crippen LogP contribution in [0.25, 0.3) is 0 Å². The minimum absolute atomic E-state index is 0.0000201. The van der Waals surface area contributed by atoms with Crippen molar-refractivity contribution in [3.05, 3.63) is 91.3 Å². The molecular formula is C22H19Cl2FN2OS. The molecule has 1 atom stereocenters. The average molecular weight is 449 g/mol. The summed E-state index contributed by atoms with van der Waals surface area (Å²) in [5, 5.41) is 6.35. The summed E-state index contributed by atoms with van der Waals surface area (Å²) in [7, 11) is 0. The smallest absolute Gasteiger partial charge is 0.237 e.